The van der Waals surface area contributed by atoms with Gasteiger partial charge in [0.15, 0.2) is 0 Å². The molecule has 1 aliphatic rings. The topological polar surface area (TPSA) is 0 Å². The van der Waals surface area contributed by atoms with Crippen molar-refractivity contribution in [2.45, 2.75) is 103 Å². The minimum atomic E-state index is -0.928. The fourth-order valence-electron chi connectivity index (χ4n) is 4.71. The Hall–Kier alpha value is 0.430. The van der Waals surface area contributed by atoms with Crippen molar-refractivity contribution in [2.24, 2.45) is 0 Å². The summed E-state index contributed by atoms with van der Waals surface area (Å²) in [4.78, 5) is 0. The van der Waals surface area contributed by atoms with E-state index in [1.54, 1.807) is 0 Å². The Kier molecular flexibility index (Phi) is 5.33. The maximum Gasteiger partial charge on any atom is 0.0723 e. The summed E-state index contributed by atoms with van der Waals surface area (Å²) >= 11 is 0. The van der Waals surface area contributed by atoms with Gasteiger partial charge in [-0.2, -0.15) is 0 Å². The zero-order chi connectivity index (χ0) is 14.0. The standard InChI is InChI=1S/C17H36P/c1-8-9-14-18(16(2,3)4,17(5,6)7)15-12-10-11-13-15/h15H,8-14H2,1-7H3/q+1. The van der Waals surface area contributed by atoms with Gasteiger partial charge < -0.3 is 0 Å². The Labute approximate surface area is 117 Å². The van der Waals surface area contributed by atoms with Crippen molar-refractivity contribution in [3.05, 3.63) is 0 Å². The molecule has 0 heterocycles. The maximum absolute atomic E-state index is 2.54. The lowest BCUT2D eigenvalue weighted by Crippen LogP contribution is -2.41. The predicted octanol–water partition coefficient (Wildman–Crippen LogP) is 6.34. The molecule has 0 bridgehead atoms. The Morgan fingerprint density at radius 3 is 1.67 bits per heavy atom. The van der Waals surface area contributed by atoms with Crippen molar-refractivity contribution in [1.29, 1.82) is 0 Å². The van der Waals surface area contributed by atoms with Crippen LogP contribution in [0.25, 0.3) is 0 Å². The van der Waals surface area contributed by atoms with E-state index in [1.165, 1.54) is 44.7 Å². The van der Waals surface area contributed by atoms with E-state index in [4.69, 9.17) is 0 Å². The summed E-state index contributed by atoms with van der Waals surface area (Å²) in [5, 5.41) is 1.05. The van der Waals surface area contributed by atoms with Gasteiger partial charge in [-0.05, 0) is 73.6 Å². The first-order chi connectivity index (χ1) is 8.17. The summed E-state index contributed by atoms with van der Waals surface area (Å²) in [6, 6.07) is 0. The fraction of sp³-hybridized carbons (Fsp3) is 1.00. The highest BCUT2D eigenvalue weighted by atomic mass is 31.2. The molecule has 0 saturated heterocycles. The van der Waals surface area contributed by atoms with E-state index < -0.39 is 7.26 Å². The second-order valence-corrected chi connectivity index (χ2v) is 13.8. The molecule has 1 heteroatoms. The summed E-state index contributed by atoms with van der Waals surface area (Å²) in [5.41, 5.74) is 1.06. The molecule has 1 fully saturated rings. The van der Waals surface area contributed by atoms with Crippen molar-refractivity contribution >= 4 is 7.26 Å². The first-order valence-electron chi connectivity index (χ1n) is 8.05. The second-order valence-electron chi connectivity index (χ2n) is 8.23. The molecule has 0 aromatic carbocycles. The first kappa shape index (κ1) is 16.5. The first-order valence-corrected chi connectivity index (χ1v) is 10.1. The van der Waals surface area contributed by atoms with Crippen molar-refractivity contribution in [2.75, 3.05) is 6.16 Å². The summed E-state index contributed by atoms with van der Waals surface area (Å²) < 4.78 is 0. The second kappa shape index (κ2) is 5.82. The summed E-state index contributed by atoms with van der Waals surface area (Å²) in [6.07, 6.45) is 10.4. The van der Waals surface area contributed by atoms with Gasteiger partial charge in [0.05, 0.1) is 22.1 Å². The Morgan fingerprint density at radius 1 is 0.889 bits per heavy atom. The van der Waals surface area contributed by atoms with Crippen LogP contribution in [0.15, 0.2) is 0 Å². The highest BCUT2D eigenvalue weighted by molar-refractivity contribution is 7.79. The van der Waals surface area contributed by atoms with Crippen molar-refractivity contribution in [1.82, 2.24) is 0 Å². The van der Waals surface area contributed by atoms with Gasteiger partial charge in [-0.15, -0.1) is 0 Å². The molecule has 0 N–H and O–H groups in total. The third-order valence-electron chi connectivity index (χ3n) is 5.21. The zero-order valence-electron chi connectivity index (χ0n) is 14.0. The van der Waals surface area contributed by atoms with Crippen LogP contribution in [-0.2, 0) is 0 Å². The summed E-state index contributed by atoms with van der Waals surface area (Å²) in [5.74, 6) is 0. The normalized spacial score (nSPS) is 19.5. The molecule has 18 heavy (non-hydrogen) atoms. The van der Waals surface area contributed by atoms with Crippen LogP contribution in [0.1, 0.15) is 87.0 Å². The molecule has 0 unspecified atom stereocenters. The minimum Gasteiger partial charge on any atom is -0.0652 e. The number of rotatable bonds is 4. The van der Waals surface area contributed by atoms with Crippen LogP contribution in [0, 0.1) is 0 Å². The van der Waals surface area contributed by atoms with E-state index in [9.17, 15) is 0 Å². The molecule has 108 valence electrons. The minimum absolute atomic E-state index is 0.523. The summed E-state index contributed by atoms with van der Waals surface area (Å²) in [7, 11) is -0.928. The van der Waals surface area contributed by atoms with E-state index in [2.05, 4.69) is 48.5 Å². The van der Waals surface area contributed by atoms with Crippen LogP contribution in [0.4, 0.5) is 0 Å². The molecule has 0 amide bonds. The highest BCUT2D eigenvalue weighted by Gasteiger charge is 2.61. The average molecular weight is 271 g/mol. The number of hydrogen-bond acceptors (Lipinski definition) is 0. The smallest absolute Gasteiger partial charge is 0.0652 e. The van der Waals surface area contributed by atoms with Gasteiger partial charge in [0.1, 0.15) is 0 Å². The van der Waals surface area contributed by atoms with Gasteiger partial charge in [0.2, 0.25) is 0 Å². The molecule has 0 nitrogen and oxygen atoms in total. The molecule has 0 radical (unpaired) electrons. The van der Waals surface area contributed by atoms with Crippen molar-refractivity contribution in [3.8, 4) is 0 Å². The van der Waals surface area contributed by atoms with Crippen molar-refractivity contribution < 1.29 is 0 Å². The number of unbranched alkanes of at least 4 members (excludes halogenated alkanes) is 1. The third kappa shape index (κ3) is 2.95. The van der Waals surface area contributed by atoms with Crippen LogP contribution >= 0.6 is 7.26 Å². The molecule has 1 rings (SSSR count). The Bertz CT molecular complexity index is 234. The largest absolute Gasteiger partial charge is 0.0723 e. The van der Waals surface area contributed by atoms with E-state index >= 15 is 0 Å². The van der Waals surface area contributed by atoms with Gasteiger partial charge in [-0.25, -0.2) is 0 Å². The molecule has 1 aliphatic carbocycles. The molecule has 0 aliphatic heterocycles. The van der Waals surface area contributed by atoms with Gasteiger partial charge in [-0.1, -0.05) is 13.3 Å². The highest BCUT2D eigenvalue weighted by Crippen LogP contribution is 2.81. The molecule has 0 aromatic heterocycles. The van der Waals surface area contributed by atoms with Crippen LogP contribution in [0.2, 0.25) is 0 Å². The molecule has 0 spiro atoms. The Balaban J connectivity index is 3.16. The predicted molar refractivity (Wildman–Crippen MR) is 88.5 cm³/mol. The lowest BCUT2D eigenvalue weighted by Gasteiger charge is -2.51. The number of hydrogen-bond donors (Lipinski definition) is 0. The average Bonchev–Trinajstić information content (AvgIpc) is 2.68. The zero-order valence-corrected chi connectivity index (χ0v) is 14.9. The van der Waals surface area contributed by atoms with Gasteiger partial charge in [0.25, 0.3) is 0 Å². The van der Waals surface area contributed by atoms with E-state index in [0.717, 1.165) is 5.66 Å². The van der Waals surface area contributed by atoms with Crippen LogP contribution in [-0.4, -0.2) is 22.1 Å². The van der Waals surface area contributed by atoms with Gasteiger partial charge in [0, 0.05) is 7.26 Å². The summed E-state index contributed by atoms with van der Waals surface area (Å²) in [6.45, 7) is 17.6. The molecule has 0 aromatic rings. The quantitative estimate of drug-likeness (QED) is 0.523. The monoisotopic (exact) mass is 271 g/mol. The van der Waals surface area contributed by atoms with E-state index in [1.807, 2.05) is 0 Å². The van der Waals surface area contributed by atoms with Crippen molar-refractivity contribution in [3.63, 3.8) is 0 Å². The molecular formula is C17H36P+. The van der Waals surface area contributed by atoms with Crippen LogP contribution in [0.3, 0.4) is 0 Å². The van der Waals surface area contributed by atoms with E-state index in [-0.39, 0.29) is 0 Å². The fourth-order valence-corrected chi connectivity index (χ4v) is 12.7. The van der Waals surface area contributed by atoms with Crippen LogP contribution < -0.4 is 0 Å². The lowest BCUT2D eigenvalue weighted by atomic mass is 10.2. The third-order valence-corrected chi connectivity index (χ3v) is 12.8. The maximum atomic E-state index is 2.54. The van der Waals surface area contributed by atoms with Gasteiger partial charge in [-0.3, -0.25) is 0 Å². The lowest BCUT2D eigenvalue weighted by molar-refractivity contribution is 0.641. The van der Waals surface area contributed by atoms with Crippen LogP contribution in [0.5, 0.6) is 0 Å². The SMILES string of the molecule is CCCC[P+](C1CCCC1)(C(C)(C)C)C(C)(C)C. The Morgan fingerprint density at radius 2 is 1.33 bits per heavy atom. The molecule has 0 atom stereocenters. The van der Waals surface area contributed by atoms with E-state index in [0.29, 0.717) is 10.3 Å². The van der Waals surface area contributed by atoms with Gasteiger partial charge >= 0.3 is 0 Å². The molecular weight excluding hydrogens is 235 g/mol. The molecule has 1 saturated carbocycles.